The number of H-pyrrole nitrogens is 2. The molecule has 4 heteroatoms. The van der Waals surface area contributed by atoms with E-state index in [9.17, 15) is 0 Å². The van der Waals surface area contributed by atoms with E-state index in [4.69, 9.17) is 10.2 Å². The van der Waals surface area contributed by atoms with Gasteiger partial charge in [0.1, 0.15) is 11.4 Å². The van der Waals surface area contributed by atoms with Crippen molar-refractivity contribution in [3.63, 3.8) is 0 Å². The van der Waals surface area contributed by atoms with Gasteiger partial charge in [-0.05, 0) is 92.4 Å². The Morgan fingerprint density at radius 3 is 1.02 bits per heavy atom. The van der Waals surface area contributed by atoms with Crippen LogP contribution in [-0.2, 0) is 21.7 Å². The lowest BCUT2D eigenvalue weighted by Gasteiger charge is -2.20. The predicted octanol–water partition coefficient (Wildman–Crippen LogP) is 12.6. The van der Waals surface area contributed by atoms with Crippen molar-refractivity contribution in [3.05, 3.63) is 82.9 Å². The summed E-state index contributed by atoms with van der Waals surface area (Å²) in [6, 6.07) is 22.7. The number of hydrogen-bond acceptors (Lipinski definition) is 2. The molecule has 44 heavy (non-hydrogen) atoms. The van der Waals surface area contributed by atoms with Crippen molar-refractivity contribution in [1.29, 1.82) is 0 Å². The molecule has 0 radical (unpaired) electrons. The minimum atomic E-state index is -0.0367. The summed E-state index contributed by atoms with van der Waals surface area (Å²) in [6.07, 6.45) is 0. The van der Waals surface area contributed by atoms with Crippen molar-refractivity contribution in [2.45, 2.75) is 105 Å². The standard InChI is InChI=1S/C40H48N4/c1-37(2,3)23-13-15-31-27(17-23)29-19-25(39(7,8)9)21-33(35(29)41-31)43-44-34-22-26(40(10,11)12)20-30-28-18-24(38(4,5)6)14-16-32(28)42-36(30)34/h13-22,41-42H,1-12H3. The second kappa shape index (κ2) is 9.79. The molecule has 0 bridgehead atoms. The second-order valence-corrected chi connectivity index (χ2v) is 16.8. The SMILES string of the molecule is CC(C)(C)c1ccc2[nH]c3c(N=Nc4cc(C(C)(C)C)cc5c4[nH]c4ccc(C(C)(C)C)cc45)cc(C(C)(C)C)cc3c2c1. The van der Waals surface area contributed by atoms with Crippen LogP contribution in [0.15, 0.2) is 70.9 Å². The molecular weight excluding hydrogens is 536 g/mol. The second-order valence-electron chi connectivity index (χ2n) is 16.8. The van der Waals surface area contributed by atoms with Gasteiger partial charge in [-0.25, -0.2) is 0 Å². The number of azo groups is 1. The van der Waals surface area contributed by atoms with Gasteiger partial charge >= 0.3 is 0 Å². The van der Waals surface area contributed by atoms with Crippen LogP contribution in [0.2, 0.25) is 0 Å². The topological polar surface area (TPSA) is 56.3 Å². The Hall–Kier alpha value is -3.92. The Morgan fingerprint density at radius 2 is 0.705 bits per heavy atom. The van der Waals surface area contributed by atoms with Crippen molar-refractivity contribution in [2.24, 2.45) is 10.2 Å². The van der Waals surface area contributed by atoms with Gasteiger partial charge in [-0.2, -0.15) is 0 Å². The zero-order valence-corrected chi connectivity index (χ0v) is 28.7. The first-order valence-corrected chi connectivity index (χ1v) is 15.9. The minimum Gasteiger partial charge on any atom is -0.353 e. The Morgan fingerprint density at radius 1 is 0.386 bits per heavy atom. The molecule has 228 valence electrons. The van der Waals surface area contributed by atoms with Crippen LogP contribution in [0.5, 0.6) is 0 Å². The summed E-state index contributed by atoms with van der Waals surface area (Å²) in [4.78, 5) is 7.39. The molecule has 0 spiro atoms. The molecule has 4 nitrogen and oxygen atoms in total. The van der Waals surface area contributed by atoms with Gasteiger partial charge in [0.05, 0.1) is 11.0 Å². The average molecular weight is 585 g/mol. The van der Waals surface area contributed by atoms with Crippen molar-refractivity contribution in [2.75, 3.05) is 0 Å². The number of nitrogens with zero attached hydrogens (tertiary/aromatic N) is 2. The van der Waals surface area contributed by atoms with E-state index in [1.807, 2.05) is 0 Å². The zero-order chi connectivity index (χ0) is 32.0. The van der Waals surface area contributed by atoms with E-state index in [1.165, 1.54) is 43.8 Å². The molecule has 2 heterocycles. The molecule has 0 amide bonds. The van der Waals surface area contributed by atoms with Crippen LogP contribution in [0, 0.1) is 0 Å². The van der Waals surface area contributed by atoms with E-state index in [0.29, 0.717) is 0 Å². The van der Waals surface area contributed by atoms with Crippen LogP contribution in [0.4, 0.5) is 11.4 Å². The van der Waals surface area contributed by atoms with Crippen molar-refractivity contribution < 1.29 is 0 Å². The van der Waals surface area contributed by atoms with Crippen LogP contribution >= 0.6 is 0 Å². The summed E-state index contributed by atoms with van der Waals surface area (Å²) in [5.41, 5.74) is 11.2. The van der Waals surface area contributed by atoms with Crippen LogP contribution in [0.1, 0.15) is 105 Å². The molecule has 0 fully saturated rings. The molecule has 6 aromatic rings. The predicted molar refractivity (Wildman–Crippen MR) is 191 cm³/mol. The first-order valence-electron chi connectivity index (χ1n) is 15.9. The number of rotatable bonds is 2. The largest absolute Gasteiger partial charge is 0.353 e. The van der Waals surface area contributed by atoms with Gasteiger partial charge in [-0.1, -0.05) is 95.2 Å². The van der Waals surface area contributed by atoms with Crippen LogP contribution in [0.3, 0.4) is 0 Å². The molecule has 0 aliphatic rings. The quantitative estimate of drug-likeness (QED) is 0.190. The number of aromatic amines is 2. The summed E-state index contributed by atoms with van der Waals surface area (Å²) in [6.45, 7) is 27.2. The van der Waals surface area contributed by atoms with E-state index < -0.39 is 0 Å². The molecule has 6 rings (SSSR count). The normalized spacial score (nSPS) is 13.8. The number of nitrogens with one attached hydrogen (secondary N) is 2. The average Bonchev–Trinajstić information content (AvgIpc) is 3.47. The number of hydrogen-bond donors (Lipinski definition) is 2. The maximum absolute atomic E-state index is 5.02. The lowest BCUT2D eigenvalue weighted by atomic mass is 9.84. The maximum Gasteiger partial charge on any atom is 0.110 e. The number of fused-ring (bicyclic) bond motifs is 6. The smallest absolute Gasteiger partial charge is 0.110 e. The van der Waals surface area contributed by atoms with Gasteiger partial charge in [0, 0.05) is 32.6 Å². The van der Waals surface area contributed by atoms with Gasteiger partial charge in [-0.3, -0.25) is 0 Å². The highest BCUT2D eigenvalue weighted by Gasteiger charge is 2.23. The fraction of sp³-hybridized carbons (Fsp3) is 0.400. The van der Waals surface area contributed by atoms with Gasteiger partial charge in [0.25, 0.3) is 0 Å². The fourth-order valence-corrected chi connectivity index (χ4v) is 6.03. The third kappa shape index (κ3) is 5.33. The molecule has 0 saturated carbocycles. The van der Waals surface area contributed by atoms with Gasteiger partial charge in [0.2, 0.25) is 0 Å². The molecule has 0 saturated heterocycles. The monoisotopic (exact) mass is 584 g/mol. The summed E-state index contributed by atoms with van der Waals surface area (Å²) in [7, 11) is 0. The molecule has 2 aromatic heterocycles. The highest BCUT2D eigenvalue weighted by Crippen LogP contribution is 2.42. The molecule has 4 aromatic carbocycles. The highest BCUT2D eigenvalue weighted by atomic mass is 15.1. The summed E-state index contributed by atoms with van der Waals surface area (Å²) < 4.78 is 0. The van der Waals surface area contributed by atoms with Gasteiger partial charge in [-0.15, -0.1) is 10.2 Å². The van der Waals surface area contributed by atoms with E-state index in [-0.39, 0.29) is 21.7 Å². The van der Waals surface area contributed by atoms with Crippen molar-refractivity contribution >= 4 is 55.0 Å². The minimum absolute atomic E-state index is 0.0367. The van der Waals surface area contributed by atoms with Gasteiger partial charge < -0.3 is 9.97 Å². The lowest BCUT2D eigenvalue weighted by Crippen LogP contribution is -2.11. The van der Waals surface area contributed by atoms with Gasteiger partial charge in [0.15, 0.2) is 0 Å². The molecule has 2 N–H and O–H groups in total. The Labute approximate surface area is 262 Å². The fourth-order valence-electron chi connectivity index (χ4n) is 6.03. The highest BCUT2D eigenvalue weighted by molar-refractivity contribution is 6.12. The molecule has 0 atom stereocenters. The Bertz CT molecular complexity index is 1940. The third-order valence-electron chi connectivity index (χ3n) is 9.10. The number of benzene rings is 4. The first kappa shape index (κ1) is 30.1. The maximum atomic E-state index is 5.02. The van der Waals surface area contributed by atoms with Crippen LogP contribution in [-0.4, -0.2) is 9.97 Å². The van der Waals surface area contributed by atoms with E-state index in [2.05, 4.69) is 154 Å². The van der Waals surface area contributed by atoms with Crippen LogP contribution in [0.25, 0.3) is 43.6 Å². The van der Waals surface area contributed by atoms with Crippen molar-refractivity contribution in [3.8, 4) is 0 Å². The van der Waals surface area contributed by atoms with E-state index >= 15 is 0 Å². The third-order valence-corrected chi connectivity index (χ3v) is 9.10. The number of aromatic nitrogens is 2. The first-order chi connectivity index (χ1) is 20.3. The summed E-state index contributed by atoms with van der Waals surface area (Å²) >= 11 is 0. The molecular formula is C40H48N4. The summed E-state index contributed by atoms with van der Waals surface area (Å²) in [5.74, 6) is 0. The molecule has 0 aliphatic heterocycles. The zero-order valence-electron chi connectivity index (χ0n) is 28.7. The van der Waals surface area contributed by atoms with E-state index in [0.717, 1.165) is 33.4 Å². The van der Waals surface area contributed by atoms with Crippen molar-refractivity contribution in [1.82, 2.24) is 9.97 Å². The lowest BCUT2D eigenvalue weighted by molar-refractivity contribution is 0.590. The molecule has 0 unspecified atom stereocenters. The van der Waals surface area contributed by atoms with Crippen LogP contribution < -0.4 is 0 Å². The Balaban J connectivity index is 1.60. The summed E-state index contributed by atoms with van der Waals surface area (Å²) in [5, 5.41) is 14.9. The Kier molecular flexibility index (Phi) is 6.70. The molecule has 0 aliphatic carbocycles. The van der Waals surface area contributed by atoms with E-state index in [1.54, 1.807) is 0 Å².